The van der Waals surface area contributed by atoms with E-state index in [1.807, 2.05) is 24.3 Å². The summed E-state index contributed by atoms with van der Waals surface area (Å²) in [6, 6.07) is 63.8. The second kappa shape index (κ2) is 11.7. The zero-order valence-electron chi connectivity index (χ0n) is 28.5. The van der Waals surface area contributed by atoms with Crippen LogP contribution in [0.15, 0.2) is 191 Å². The van der Waals surface area contributed by atoms with Crippen molar-refractivity contribution in [2.75, 3.05) is 4.90 Å². The minimum Gasteiger partial charge on any atom is -0.456 e. The molecule has 2 aromatic heterocycles. The lowest BCUT2D eigenvalue weighted by atomic mass is 9.99. The average molecular weight is 679 g/mol. The summed E-state index contributed by atoms with van der Waals surface area (Å²) in [7, 11) is 0. The van der Waals surface area contributed by atoms with Gasteiger partial charge in [0.2, 0.25) is 5.89 Å². The highest BCUT2D eigenvalue weighted by molar-refractivity contribution is 6.18. The summed E-state index contributed by atoms with van der Waals surface area (Å²) in [5, 5.41) is 4.46. The van der Waals surface area contributed by atoms with Gasteiger partial charge in [0.05, 0.1) is 5.69 Å². The van der Waals surface area contributed by atoms with Crippen molar-refractivity contribution in [3.05, 3.63) is 182 Å². The van der Waals surface area contributed by atoms with Crippen LogP contribution in [0.25, 0.3) is 89.0 Å². The van der Waals surface area contributed by atoms with Crippen LogP contribution < -0.4 is 4.90 Å². The van der Waals surface area contributed by atoms with E-state index in [0.29, 0.717) is 5.89 Å². The molecule has 1 aliphatic carbocycles. The lowest BCUT2D eigenvalue weighted by molar-refractivity contribution is 0.590. The first-order valence-corrected chi connectivity index (χ1v) is 17.9. The van der Waals surface area contributed by atoms with Gasteiger partial charge in [-0.25, -0.2) is 4.98 Å². The van der Waals surface area contributed by atoms with Crippen LogP contribution >= 0.6 is 0 Å². The molecule has 0 aliphatic heterocycles. The number of hydrogen-bond donors (Lipinski definition) is 0. The Morgan fingerprint density at radius 2 is 1.04 bits per heavy atom. The van der Waals surface area contributed by atoms with E-state index in [-0.39, 0.29) is 0 Å². The molecule has 0 fully saturated rings. The second-order valence-electron chi connectivity index (χ2n) is 13.5. The molecule has 8 aromatic carbocycles. The molecule has 1 aliphatic rings. The van der Waals surface area contributed by atoms with Crippen molar-refractivity contribution in [2.45, 2.75) is 0 Å². The highest BCUT2D eigenvalue weighted by atomic mass is 16.4. The van der Waals surface area contributed by atoms with E-state index in [1.54, 1.807) is 0 Å². The van der Waals surface area contributed by atoms with Crippen LogP contribution in [-0.4, -0.2) is 4.98 Å². The van der Waals surface area contributed by atoms with Gasteiger partial charge in [-0.2, -0.15) is 0 Å². The lowest BCUT2D eigenvalue weighted by Crippen LogP contribution is -2.10. The third-order valence-electron chi connectivity index (χ3n) is 10.5. The smallest absolute Gasteiger partial charge is 0.227 e. The van der Waals surface area contributed by atoms with Crippen LogP contribution in [0.2, 0.25) is 0 Å². The Kier molecular flexibility index (Phi) is 6.52. The van der Waals surface area contributed by atoms with Gasteiger partial charge in [-0.15, -0.1) is 0 Å². The molecular weight excluding hydrogens is 649 g/mol. The van der Waals surface area contributed by atoms with Crippen molar-refractivity contribution in [3.8, 4) is 56.3 Å². The Bertz CT molecular complexity index is 2970. The summed E-state index contributed by atoms with van der Waals surface area (Å²) in [6.45, 7) is 0. The molecule has 0 saturated carbocycles. The molecule has 4 heteroatoms. The molecule has 248 valence electrons. The van der Waals surface area contributed by atoms with E-state index in [2.05, 4.69) is 163 Å². The summed E-state index contributed by atoms with van der Waals surface area (Å²) >= 11 is 0. The molecule has 0 radical (unpaired) electrons. The van der Waals surface area contributed by atoms with Gasteiger partial charge in [0, 0.05) is 49.6 Å². The minimum absolute atomic E-state index is 0.627. The van der Waals surface area contributed by atoms with Gasteiger partial charge in [0.25, 0.3) is 0 Å². The fourth-order valence-corrected chi connectivity index (χ4v) is 8.03. The maximum Gasteiger partial charge on any atom is 0.227 e. The van der Waals surface area contributed by atoms with E-state index in [9.17, 15) is 0 Å². The maximum absolute atomic E-state index is 6.72. The van der Waals surface area contributed by atoms with Crippen molar-refractivity contribution in [1.82, 2.24) is 4.98 Å². The standard InChI is InChI=1S/C49H30N2O2/c1-3-12-31(13-4-1)32-22-24-34(25-23-32)51(35-26-29-45-42(30-35)37-17-9-10-21-44(37)52-45)43-28-27-40-46-39(43)19-11-20-41(46)48-47(40)50-49(53-48)38-18-8-7-16-36(38)33-14-5-2-6-15-33/h1-30H. The molecule has 4 nitrogen and oxygen atoms in total. The maximum atomic E-state index is 6.72. The SMILES string of the molecule is c1ccc(-c2ccc(N(c3ccc4oc5ccccc5c4c3)c3ccc4c5c(cccc35)-c3oc(-c5ccccc5-c5ccccc5)nc3-4)cc2)cc1. The summed E-state index contributed by atoms with van der Waals surface area (Å²) in [4.78, 5) is 7.54. The summed E-state index contributed by atoms with van der Waals surface area (Å²) in [6.07, 6.45) is 0. The lowest BCUT2D eigenvalue weighted by Gasteiger charge is -2.27. The van der Waals surface area contributed by atoms with Gasteiger partial charge in [0.1, 0.15) is 16.9 Å². The molecule has 11 rings (SSSR count). The average Bonchev–Trinajstić information content (AvgIpc) is 3.92. The molecule has 10 aromatic rings. The van der Waals surface area contributed by atoms with Crippen molar-refractivity contribution in [3.63, 3.8) is 0 Å². The number of aromatic nitrogens is 1. The first-order chi connectivity index (χ1) is 26.3. The number of rotatable bonds is 6. The van der Waals surface area contributed by atoms with Gasteiger partial charge >= 0.3 is 0 Å². The Hall–Kier alpha value is -7.17. The first kappa shape index (κ1) is 29.5. The van der Waals surface area contributed by atoms with Gasteiger partial charge in [-0.05, 0) is 76.9 Å². The summed E-state index contributed by atoms with van der Waals surface area (Å²) in [5.74, 6) is 1.44. The third-order valence-corrected chi connectivity index (χ3v) is 10.5. The number of oxazole rings is 1. The number of furan rings is 1. The van der Waals surface area contributed by atoms with E-state index in [0.717, 1.165) is 89.0 Å². The number of benzene rings is 8. The summed E-state index contributed by atoms with van der Waals surface area (Å²) in [5.41, 5.74) is 13.5. The molecule has 0 atom stereocenters. The van der Waals surface area contributed by atoms with Crippen molar-refractivity contribution in [2.24, 2.45) is 0 Å². The highest BCUT2D eigenvalue weighted by Crippen LogP contribution is 2.52. The Balaban J connectivity index is 1.08. The van der Waals surface area contributed by atoms with Gasteiger partial charge in [0.15, 0.2) is 5.76 Å². The Morgan fingerprint density at radius 1 is 0.396 bits per heavy atom. The Labute approximate surface area is 305 Å². The molecule has 0 saturated heterocycles. The molecule has 0 N–H and O–H groups in total. The molecule has 0 spiro atoms. The molecular formula is C49H30N2O2. The monoisotopic (exact) mass is 678 g/mol. The summed E-state index contributed by atoms with van der Waals surface area (Å²) < 4.78 is 13.0. The van der Waals surface area contributed by atoms with E-state index in [4.69, 9.17) is 13.8 Å². The predicted octanol–water partition coefficient (Wildman–Crippen LogP) is 13.8. The van der Waals surface area contributed by atoms with Crippen molar-refractivity contribution >= 4 is 49.8 Å². The molecule has 0 unspecified atom stereocenters. The zero-order chi connectivity index (χ0) is 34.9. The third kappa shape index (κ3) is 4.66. The van der Waals surface area contributed by atoms with Crippen LogP contribution in [0, 0.1) is 0 Å². The van der Waals surface area contributed by atoms with Crippen LogP contribution in [0.1, 0.15) is 0 Å². The van der Waals surface area contributed by atoms with E-state index < -0.39 is 0 Å². The van der Waals surface area contributed by atoms with Crippen molar-refractivity contribution in [1.29, 1.82) is 0 Å². The second-order valence-corrected chi connectivity index (χ2v) is 13.5. The number of hydrogen-bond acceptors (Lipinski definition) is 4. The first-order valence-electron chi connectivity index (χ1n) is 17.9. The van der Waals surface area contributed by atoms with Gasteiger partial charge < -0.3 is 13.7 Å². The molecule has 0 amide bonds. The fraction of sp³-hybridized carbons (Fsp3) is 0. The molecule has 2 heterocycles. The van der Waals surface area contributed by atoms with Crippen LogP contribution in [-0.2, 0) is 0 Å². The van der Waals surface area contributed by atoms with Gasteiger partial charge in [-0.1, -0.05) is 127 Å². The largest absolute Gasteiger partial charge is 0.456 e. The quantitative estimate of drug-likeness (QED) is 0.176. The molecule has 0 bridgehead atoms. The van der Waals surface area contributed by atoms with Gasteiger partial charge in [-0.3, -0.25) is 0 Å². The topological polar surface area (TPSA) is 42.4 Å². The van der Waals surface area contributed by atoms with Crippen LogP contribution in [0.3, 0.4) is 0 Å². The number of fused-ring (bicyclic) bond motifs is 6. The van der Waals surface area contributed by atoms with E-state index >= 15 is 0 Å². The fourth-order valence-electron chi connectivity index (χ4n) is 8.03. The highest BCUT2D eigenvalue weighted by Gasteiger charge is 2.30. The number of anilines is 3. The number of para-hydroxylation sites is 1. The van der Waals surface area contributed by atoms with Crippen LogP contribution in [0.4, 0.5) is 17.1 Å². The van der Waals surface area contributed by atoms with Crippen LogP contribution in [0.5, 0.6) is 0 Å². The zero-order valence-corrected chi connectivity index (χ0v) is 28.5. The number of nitrogens with zero attached hydrogens (tertiary/aromatic N) is 2. The van der Waals surface area contributed by atoms with E-state index in [1.165, 1.54) is 11.1 Å². The van der Waals surface area contributed by atoms with Crippen molar-refractivity contribution < 1.29 is 8.83 Å². The normalized spacial score (nSPS) is 11.8. The predicted molar refractivity (Wildman–Crippen MR) is 217 cm³/mol. The Morgan fingerprint density at radius 3 is 1.87 bits per heavy atom. The minimum atomic E-state index is 0.627. The molecule has 53 heavy (non-hydrogen) atoms.